The zero-order chi connectivity index (χ0) is 15.9. The van der Waals surface area contributed by atoms with Crippen LogP contribution in [0.1, 0.15) is 66.7 Å². The normalized spacial score (nSPS) is 27.3. The van der Waals surface area contributed by atoms with Crippen LogP contribution in [-0.2, 0) is 9.47 Å². The Balaban J connectivity index is 2.26. The van der Waals surface area contributed by atoms with Gasteiger partial charge in [0.1, 0.15) is 0 Å². The van der Waals surface area contributed by atoms with Gasteiger partial charge in [-0.25, -0.2) is 0 Å². The van der Waals surface area contributed by atoms with Gasteiger partial charge in [0.15, 0.2) is 0 Å². The van der Waals surface area contributed by atoms with Crippen molar-refractivity contribution < 1.29 is 9.47 Å². The van der Waals surface area contributed by atoms with E-state index in [1.54, 1.807) is 0 Å². The van der Waals surface area contributed by atoms with Crippen molar-refractivity contribution >= 4 is 0 Å². The van der Waals surface area contributed by atoms with Crippen molar-refractivity contribution in [1.82, 2.24) is 0 Å². The van der Waals surface area contributed by atoms with E-state index in [0.29, 0.717) is 31.1 Å². The molecular formula is C18H37NO2. The summed E-state index contributed by atoms with van der Waals surface area (Å²) in [5.74, 6) is 1.50. The van der Waals surface area contributed by atoms with Gasteiger partial charge in [0.05, 0.1) is 18.8 Å². The third kappa shape index (κ3) is 6.66. The molecule has 2 N–H and O–H groups in total. The molecule has 0 heterocycles. The lowest BCUT2D eigenvalue weighted by molar-refractivity contribution is -0.0952. The molecule has 0 aromatic carbocycles. The van der Waals surface area contributed by atoms with Gasteiger partial charge in [-0.2, -0.15) is 0 Å². The van der Waals surface area contributed by atoms with Crippen LogP contribution >= 0.6 is 0 Å². The Kier molecular flexibility index (Phi) is 7.66. The summed E-state index contributed by atoms with van der Waals surface area (Å²) in [5.41, 5.74) is 6.32. The molecule has 1 aliphatic carbocycles. The summed E-state index contributed by atoms with van der Waals surface area (Å²) in [5, 5.41) is 0. The second kappa shape index (κ2) is 8.50. The van der Waals surface area contributed by atoms with E-state index in [9.17, 15) is 0 Å². The predicted molar refractivity (Wildman–Crippen MR) is 89.4 cm³/mol. The van der Waals surface area contributed by atoms with Crippen LogP contribution in [-0.4, -0.2) is 32.0 Å². The monoisotopic (exact) mass is 299 g/mol. The summed E-state index contributed by atoms with van der Waals surface area (Å²) in [4.78, 5) is 0. The predicted octanol–water partition coefficient (Wildman–Crippen LogP) is 4.00. The van der Waals surface area contributed by atoms with Gasteiger partial charge in [-0.1, -0.05) is 34.6 Å². The average Bonchev–Trinajstić information content (AvgIpc) is 2.42. The fourth-order valence-corrected chi connectivity index (χ4v) is 3.16. The van der Waals surface area contributed by atoms with Crippen LogP contribution in [0.25, 0.3) is 0 Å². The average molecular weight is 299 g/mol. The van der Waals surface area contributed by atoms with Gasteiger partial charge in [0, 0.05) is 13.2 Å². The quantitative estimate of drug-likeness (QED) is 0.689. The highest BCUT2D eigenvalue weighted by Gasteiger charge is 2.38. The molecule has 0 unspecified atom stereocenters. The molecule has 0 bridgehead atoms. The molecule has 0 aromatic rings. The third-order valence-electron chi connectivity index (χ3n) is 4.97. The molecule has 0 radical (unpaired) electrons. The van der Waals surface area contributed by atoms with E-state index in [1.165, 1.54) is 12.8 Å². The summed E-state index contributed by atoms with van der Waals surface area (Å²) in [6, 6.07) is 0. The van der Waals surface area contributed by atoms with E-state index in [4.69, 9.17) is 15.2 Å². The highest BCUT2D eigenvalue weighted by Crippen LogP contribution is 2.42. The minimum atomic E-state index is -0.0941. The van der Waals surface area contributed by atoms with Crippen molar-refractivity contribution in [3.8, 4) is 0 Å². The van der Waals surface area contributed by atoms with Gasteiger partial charge in [-0.3, -0.25) is 0 Å². The number of hydrogen-bond acceptors (Lipinski definition) is 3. The van der Waals surface area contributed by atoms with Crippen molar-refractivity contribution in [2.75, 3.05) is 26.4 Å². The second-order valence-corrected chi connectivity index (χ2v) is 8.17. The fourth-order valence-electron chi connectivity index (χ4n) is 3.16. The molecule has 1 rings (SSSR count). The first-order valence-corrected chi connectivity index (χ1v) is 8.71. The molecule has 3 nitrogen and oxygen atoms in total. The van der Waals surface area contributed by atoms with Gasteiger partial charge in [-0.15, -0.1) is 0 Å². The maximum absolute atomic E-state index is 6.14. The Morgan fingerprint density at radius 3 is 2.19 bits per heavy atom. The first kappa shape index (κ1) is 18.9. The minimum Gasteiger partial charge on any atom is -0.379 e. The molecule has 1 fully saturated rings. The van der Waals surface area contributed by atoms with E-state index < -0.39 is 0 Å². The van der Waals surface area contributed by atoms with Crippen LogP contribution in [0.15, 0.2) is 0 Å². The van der Waals surface area contributed by atoms with Crippen LogP contribution in [0, 0.1) is 17.3 Å². The molecule has 0 saturated heterocycles. The lowest BCUT2D eigenvalue weighted by atomic mass is 9.68. The molecule has 0 atom stereocenters. The molecular weight excluding hydrogens is 262 g/mol. The van der Waals surface area contributed by atoms with E-state index in [1.807, 2.05) is 0 Å². The molecule has 0 amide bonds. The van der Waals surface area contributed by atoms with Crippen LogP contribution in [0.2, 0.25) is 0 Å². The van der Waals surface area contributed by atoms with Gasteiger partial charge < -0.3 is 15.2 Å². The van der Waals surface area contributed by atoms with Crippen molar-refractivity contribution in [2.45, 2.75) is 72.3 Å². The lowest BCUT2D eigenvalue weighted by Crippen LogP contribution is -2.46. The minimum absolute atomic E-state index is 0.0941. The summed E-state index contributed by atoms with van der Waals surface area (Å²) in [7, 11) is 0. The van der Waals surface area contributed by atoms with Crippen molar-refractivity contribution in [2.24, 2.45) is 23.0 Å². The molecule has 21 heavy (non-hydrogen) atoms. The van der Waals surface area contributed by atoms with Gasteiger partial charge >= 0.3 is 0 Å². The maximum atomic E-state index is 6.14. The molecule has 1 aliphatic rings. The number of hydrogen-bond donors (Lipinski definition) is 1. The standard InChI is InChI=1S/C18H37NO2/c1-15(2)8-11-20-12-13-21-18(14-19)9-6-16(7-10-18)17(3,4)5/h15-16H,6-14,19H2,1-5H3. The zero-order valence-corrected chi connectivity index (χ0v) is 14.9. The second-order valence-electron chi connectivity index (χ2n) is 8.17. The van der Waals surface area contributed by atoms with Crippen LogP contribution in [0.3, 0.4) is 0 Å². The SMILES string of the molecule is CC(C)CCOCCOC1(CN)CCC(C(C)(C)C)CC1. The molecule has 0 spiro atoms. The maximum Gasteiger partial charge on any atom is 0.0805 e. The van der Waals surface area contributed by atoms with Crippen LogP contribution in [0.4, 0.5) is 0 Å². The molecule has 1 saturated carbocycles. The molecule has 126 valence electrons. The van der Waals surface area contributed by atoms with E-state index in [-0.39, 0.29) is 5.60 Å². The highest BCUT2D eigenvalue weighted by atomic mass is 16.5. The molecule has 0 aromatic heterocycles. The third-order valence-corrected chi connectivity index (χ3v) is 4.97. The summed E-state index contributed by atoms with van der Waals surface area (Å²) < 4.78 is 11.8. The van der Waals surface area contributed by atoms with Crippen molar-refractivity contribution in [1.29, 1.82) is 0 Å². The van der Waals surface area contributed by atoms with Crippen molar-refractivity contribution in [3.05, 3.63) is 0 Å². The molecule has 0 aliphatic heterocycles. The number of rotatable bonds is 8. The summed E-state index contributed by atoms with van der Waals surface area (Å²) in [6.07, 6.45) is 5.77. The largest absolute Gasteiger partial charge is 0.379 e. The van der Waals surface area contributed by atoms with E-state index >= 15 is 0 Å². The summed E-state index contributed by atoms with van der Waals surface area (Å²) >= 11 is 0. The first-order chi connectivity index (χ1) is 9.79. The Bertz CT molecular complexity index is 275. The Hall–Kier alpha value is -0.120. The smallest absolute Gasteiger partial charge is 0.0805 e. The Morgan fingerprint density at radius 1 is 1.10 bits per heavy atom. The fraction of sp³-hybridized carbons (Fsp3) is 1.00. The van der Waals surface area contributed by atoms with Crippen molar-refractivity contribution in [3.63, 3.8) is 0 Å². The molecule has 3 heteroatoms. The highest BCUT2D eigenvalue weighted by molar-refractivity contribution is 4.91. The first-order valence-electron chi connectivity index (χ1n) is 8.71. The van der Waals surface area contributed by atoms with Gasteiger partial charge in [0.2, 0.25) is 0 Å². The topological polar surface area (TPSA) is 44.5 Å². The van der Waals surface area contributed by atoms with Crippen LogP contribution < -0.4 is 5.73 Å². The number of nitrogens with two attached hydrogens (primary N) is 1. The number of ether oxygens (including phenoxy) is 2. The Morgan fingerprint density at radius 2 is 1.71 bits per heavy atom. The summed E-state index contributed by atoms with van der Waals surface area (Å²) in [6.45, 7) is 14.3. The van der Waals surface area contributed by atoms with E-state index in [0.717, 1.165) is 31.8 Å². The Labute approximate surface area is 132 Å². The van der Waals surface area contributed by atoms with Gasteiger partial charge in [-0.05, 0) is 49.4 Å². The van der Waals surface area contributed by atoms with Crippen LogP contribution in [0.5, 0.6) is 0 Å². The van der Waals surface area contributed by atoms with E-state index in [2.05, 4.69) is 34.6 Å². The van der Waals surface area contributed by atoms with Gasteiger partial charge in [0.25, 0.3) is 0 Å². The zero-order valence-electron chi connectivity index (χ0n) is 14.9. The lowest BCUT2D eigenvalue weighted by Gasteiger charge is -2.43.